The summed E-state index contributed by atoms with van der Waals surface area (Å²) in [7, 11) is 0. The normalized spacial score (nSPS) is 20.8. The maximum absolute atomic E-state index is 5.83. The molecule has 0 bridgehead atoms. The number of likely N-dealkylation sites (tertiary alicyclic amines) is 1. The number of hydrogen-bond donors (Lipinski definition) is 0. The summed E-state index contributed by atoms with van der Waals surface area (Å²) >= 11 is 0. The molecular weight excluding hydrogens is 348 g/mol. The SMILES string of the molecule is Cc1cc(C[C@H]2CCCN(C(C)c3cc4c(cc3C)OCCO4)C2)cc(C)n1. The molecule has 3 heterocycles. The summed E-state index contributed by atoms with van der Waals surface area (Å²) < 4.78 is 11.6. The van der Waals surface area contributed by atoms with Gasteiger partial charge in [0.15, 0.2) is 11.5 Å². The van der Waals surface area contributed by atoms with Gasteiger partial charge in [0.2, 0.25) is 0 Å². The zero-order chi connectivity index (χ0) is 19.7. The van der Waals surface area contributed by atoms with Gasteiger partial charge >= 0.3 is 0 Å². The third kappa shape index (κ3) is 4.17. The second kappa shape index (κ2) is 8.12. The standard InChI is InChI=1S/C24H32N2O2/c1-16-10-23-24(28-9-8-27-23)14-22(16)19(4)26-7-5-6-20(15-26)13-21-11-17(2)25-18(3)12-21/h10-12,14,19-20H,5-9,13,15H2,1-4H3/t19?,20-/m1/s1. The van der Waals surface area contributed by atoms with Crippen molar-refractivity contribution in [3.05, 3.63) is 52.3 Å². The zero-order valence-electron chi connectivity index (χ0n) is 17.6. The molecule has 1 aromatic carbocycles. The van der Waals surface area contributed by atoms with Crippen molar-refractivity contribution < 1.29 is 9.47 Å². The second-order valence-corrected chi connectivity index (χ2v) is 8.49. The second-order valence-electron chi connectivity index (χ2n) is 8.49. The molecular formula is C24H32N2O2. The number of hydrogen-bond acceptors (Lipinski definition) is 4. The average Bonchev–Trinajstić information content (AvgIpc) is 2.66. The molecule has 0 amide bonds. The molecule has 2 aliphatic rings. The van der Waals surface area contributed by atoms with Crippen molar-refractivity contribution in [2.24, 2.45) is 5.92 Å². The van der Waals surface area contributed by atoms with Gasteiger partial charge in [-0.1, -0.05) is 0 Å². The van der Waals surface area contributed by atoms with Gasteiger partial charge in [-0.25, -0.2) is 0 Å². The number of ether oxygens (including phenoxy) is 2. The molecule has 28 heavy (non-hydrogen) atoms. The van der Waals surface area contributed by atoms with Gasteiger partial charge in [-0.3, -0.25) is 9.88 Å². The molecule has 1 fully saturated rings. The number of aromatic nitrogens is 1. The molecule has 0 spiro atoms. The Labute approximate surface area is 168 Å². The lowest BCUT2D eigenvalue weighted by Crippen LogP contribution is -2.38. The number of fused-ring (bicyclic) bond motifs is 1. The predicted molar refractivity (Wildman–Crippen MR) is 112 cm³/mol. The molecule has 0 aliphatic carbocycles. The minimum Gasteiger partial charge on any atom is -0.486 e. The van der Waals surface area contributed by atoms with E-state index in [2.05, 4.69) is 61.8 Å². The van der Waals surface area contributed by atoms with Gasteiger partial charge in [0, 0.05) is 24.0 Å². The zero-order valence-corrected chi connectivity index (χ0v) is 17.6. The highest BCUT2D eigenvalue weighted by molar-refractivity contribution is 5.48. The Bertz CT molecular complexity index is 828. The first kappa shape index (κ1) is 19.3. The maximum Gasteiger partial charge on any atom is 0.161 e. The van der Waals surface area contributed by atoms with Crippen molar-refractivity contribution in [2.45, 2.75) is 53.0 Å². The Morgan fingerprint density at radius 3 is 2.43 bits per heavy atom. The monoisotopic (exact) mass is 380 g/mol. The van der Waals surface area contributed by atoms with E-state index < -0.39 is 0 Å². The van der Waals surface area contributed by atoms with Gasteiger partial charge in [0.25, 0.3) is 0 Å². The van der Waals surface area contributed by atoms with Crippen LogP contribution in [0.1, 0.15) is 53.9 Å². The first-order valence-electron chi connectivity index (χ1n) is 10.6. The van der Waals surface area contributed by atoms with E-state index in [-0.39, 0.29) is 0 Å². The molecule has 0 radical (unpaired) electrons. The third-order valence-corrected chi connectivity index (χ3v) is 6.14. The molecule has 0 saturated carbocycles. The molecule has 4 nitrogen and oxygen atoms in total. The molecule has 2 aromatic rings. The summed E-state index contributed by atoms with van der Waals surface area (Å²) in [5, 5.41) is 0. The van der Waals surface area contributed by atoms with Crippen LogP contribution in [0.4, 0.5) is 0 Å². The highest BCUT2D eigenvalue weighted by Crippen LogP contribution is 2.37. The minimum absolute atomic E-state index is 0.388. The van der Waals surface area contributed by atoms with Gasteiger partial charge in [-0.2, -0.15) is 0 Å². The maximum atomic E-state index is 5.83. The number of piperidine rings is 1. The molecule has 4 rings (SSSR count). The fraction of sp³-hybridized carbons (Fsp3) is 0.542. The largest absolute Gasteiger partial charge is 0.486 e. The Balaban J connectivity index is 1.48. The first-order valence-corrected chi connectivity index (χ1v) is 10.6. The van der Waals surface area contributed by atoms with Crippen LogP contribution >= 0.6 is 0 Å². The van der Waals surface area contributed by atoms with Gasteiger partial charge in [-0.05, 0) is 100 Å². The van der Waals surface area contributed by atoms with Crippen molar-refractivity contribution in [3.63, 3.8) is 0 Å². The van der Waals surface area contributed by atoms with Crippen molar-refractivity contribution in [1.82, 2.24) is 9.88 Å². The van der Waals surface area contributed by atoms with Crippen molar-refractivity contribution in [2.75, 3.05) is 26.3 Å². The lowest BCUT2D eigenvalue weighted by molar-refractivity contribution is 0.130. The predicted octanol–water partition coefficient (Wildman–Crippen LogP) is 4.79. The summed E-state index contributed by atoms with van der Waals surface area (Å²) in [6.45, 7) is 12.3. The molecule has 1 aromatic heterocycles. The molecule has 2 atom stereocenters. The number of aryl methyl sites for hydroxylation is 3. The van der Waals surface area contributed by atoms with E-state index in [1.807, 2.05) is 0 Å². The number of nitrogens with zero attached hydrogens (tertiary/aromatic N) is 2. The molecule has 0 N–H and O–H groups in total. The Hall–Kier alpha value is -2.07. The summed E-state index contributed by atoms with van der Waals surface area (Å²) in [5.41, 5.74) is 6.34. The van der Waals surface area contributed by atoms with Crippen molar-refractivity contribution in [3.8, 4) is 11.5 Å². The number of rotatable bonds is 4. The highest BCUT2D eigenvalue weighted by Gasteiger charge is 2.27. The van der Waals surface area contributed by atoms with Gasteiger partial charge < -0.3 is 9.47 Å². The Morgan fingerprint density at radius 2 is 1.71 bits per heavy atom. The molecule has 1 saturated heterocycles. The summed E-state index contributed by atoms with van der Waals surface area (Å²) in [4.78, 5) is 7.17. The van der Waals surface area contributed by atoms with E-state index in [0.29, 0.717) is 25.2 Å². The molecule has 150 valence electrons. The van der Waals surface area contributed by atoms with Crippen molar-refractivity contribution >= 4 is 0 Å². The van der Waals surface area contributed by atoms with Crippen LogP contribution in [0.2, 0.25) is 0 Å². The summed E-state index contributed by atoms with van der Waals surface area (Å²) in [6, 6.07) is 9.23. The smallest absolute Gasteiger partial charge is 0.161 e. The van der Waals surface area contributed by atoms with Crippen molar-refractivity contribution in [1.29, 1.82) is 0 Å². The van der Waals surface area contributed by atoms with Gasteiger partial charge in [0.05, 0.1) is 0 Å². The van der Waals surface area contributed by atoms with E-state index in [9.17, 15) is 0 Å². The van der Waals surface area contributed by atoms with Crippen LogP contribution in [-0.4, -0.2) is 36.2 Å². The van der Waals surface area contributed by atoms with Crippen LogP contribution in [0.25, 0.3) is 0 Å². The molecule has 1 unspecified atom stereocenters. The average molecular weight is 381 g/mol. The van der Waals surface area contributed by atoms with Crippen LogP contribution in [0, 0.1) is 26.7 Å². The van der Waals surface area contributed by atoms with Crippen LogP contribution in [0.5, 0.6) is 11.5 Å². The van der Waals surface area contributed by atoms with Gasteiger partial charge in [0.1, 0.15) is 13.2 Å². The van der Waals surface area contributed by atoms with Crippen LogP contribution < -0.4 is 9.47 Å². The van der Waals surface area contributed by atoms with E-state index in [4.69, 9.17) is 9.47 Å². The Kier molecular flexibility index (Phi) is 5.58. The van der Waals surface area contributed by atoms with E-state index in [1.165, 1.54) is 36.1 Å². The fourth-order valence-corrected chi connectivity index (χ4v) is 4.84. The van der Waals surface area contributed by atoms with E-state index >= 15 is 0 Å². The van der Waals surface area contributed by atoms with E-state index in [1.54, 1.807) is 0 Å². The van der Waals surface area contributed by atoms with E-state index in [0.717, 1.165) is 35.9 Å². The lowest BCUT2D eigenvalue weighted by Gasteiger charge is -2.38. The lowest BCUT2D eigenvalue weighted by atomic mass is 9.89. The molecule has 2 aliphatic heterocycles. The topological polar surface area (TPSA) is 34.6 Å². The van der Waals surface area contributed by atoms with Crippen LogP contribution in [-0.2, 0) is 6.42 Å². The minimum atomic E-state index is 0.388. The van der Waals surface area contributed by atoms with Crippen LogP contribution in [0.3, 0.4) is 0 Å². The number of benzene rings is 1. The van der Waals surface area contributed by atoms with Crippen LogP contribution in [0.15, 0.2) is 24.3 Å². The molecule has 4 heteroatoms. The van der Waals surface area contributed by atoms with Gasteiger partial charge in [-0.15, -0.1) is 0 Å². The fourth-order valence-electron chi connectivity index (χ4n) is 4.84. The highest BCUT2D eigenvalue weighted by atomic mass is 16.6. The first-order chi connectivity index (χ1) is 13.5. The quantitative estimate of drug-likeness (QED) is 0.763. The number of pyridine rings is 1. The Morgan fingerprint density at radius 1 is 1.04 bits per heavy atom. The summed E-state index contributed by atoms with van der Waals surface area (Å²) in [5.74, 6) is 2.49. The third-order valence-electron chi connectivity index (χ3n) is 6.14. The summed E-state index contributed by atoms with van der Waals surface area (Å²) in [6.07, 6.45) is 3.72.